The number of ether oxygens (including phenoxy) is 2. The van der Waals surface area contributed by atoms with Gasteiger partial charge in [-0.3, -0.25) is 9.59 Å². The van der Waals surface area contributed by atoms with Gasteiger partial charge in [0.15, 0.2) is 0 Å². The zero-order valence-electron chi connectivity index (χ0n) is 22.1. The maximum atomic E-state index is 13.1. The van der Waals surface area contributed by atoms with E-state index in [9.17, 15) is 24.3 Å². The molecule has 40 heavy (non-hydrogen) atoms. The number of nitrogens with two attached hydrogens (primary N) is 1. The maximum Gasteiger partial charge on any atom is 0.347 e. The van der Waals surface area contributed by atoms with E-state index in [0.29, 0.717) is 0 Å². The van der Waals surface area contributed by atoms with Gasteiger partial charge in [-0.25, -0.2) is 9.59 Å². The summed E-state index contributed by atoms with van der Waals surface area (Å²) in [5.74, 6) is -2.60. The number of allylic oxidation sites excluding steroid dienone is 2. The van der Waals surface area contributed by atoms with E-state index in [1.807, 2.05) is 19.9 Å². The number of carbonyl (C=O) groups excluding carboxylic acids is 4. The van der Waals surface area contributed by atoms with Crippen molar-refractivity contribution in [2.45, 2.75) is 32.7 Å². The Morgan fingerprint density at radius 2 is 1.40 bits per heavy atom. The van der Waals surface area contributed by atoms with Crippen LogP contribution in [0.25, 0.3) is 0 Å². The van der Waals surface area contributed by atoms with Gasteiger partial charge in [-0.15, -0.1) is 0 Å². The summed E-state index contributed by atoms with van der Waals surface area (Å²) in [6.45, 7) is 3.86. The van der Waals surface area contributed by atoms with Gasteiger partial charge in [0.25, 0.3) is 0 Å². The Hall–Kier alpha value is -4.57. The highest BCUT2D eigenvalue weighted by Gasteiger charge is 2.23. The standard InChI is InChI=1S/C30H30N2O7S/c1-3-4-11-19(2)32-23(27(31)34)18-40-30(37)22-14-7-10-17-26(22)39-29(36)21-13-6-9-16-25(21)38-28(35)20-12-5-8-15-24(20)33/h5-17,23,32-33H,3-4,18H2,1-2H3,(H2,31,34)/b19-11+. The third-order valence-electron chi connectivity index (χ3n) is 5.61. The largest absolute Gasteiger partial charge is 0.507 e. The Kier molecular flexibility index (Phi) is 10.9. The van der Waals surface area contributed by atoms with E-state index in [-0.39, 0.29) is 39.7 Å². The summed E-state index contributed by atoms with van der Waals surface area (Å²) in [4.78, 5) is 50.7. The second kappa shape index (κ2) is 14.5. The van der Waals surface area contributed by atoms with E-state index in [1.54, 1.807) is 36.4 Å². The maximum absolute atomic E-state index is 13.1. The molecule has 3 aromatic carbocycles. The number of nitrogens with one attached hydrogen (secondary N) is 1. The first kappa shape index (κ1) is 30.0. The van der Waals surface area contributed by atoms with Crippen molar-refractivity contribution in [1.29, 1.82) is 0 Å². The summed E-state index contributed by atoms with van der Waals surface area (Å²) in [6, 6.07) is 17.2. The number of hydrogen-bond donors (Lipinski definition) is 3. The number of thioether (sulfide) groups is 1. The molecule has 0 heterocycles. The van der Waals surface area contributed by atoms with E-state index in [2.05, 4.69) is 5.32 Å². The second-order valence-corrected chi connectivity index (χ2v) is 9.65. The number of esters is 2. The van der Waals surface area contributed by atoms with E-state index < -0.39 is 29.0 Å². The minimum atomic E-state index is -0.862. The lowest BCUT2D eigenvalue weighted by Crippen LogP contribution is -2.42. The van der Waals surface area contributed by atoms with Crippen LogP contribution in [0.3, 0.4) is 0 Å². The van der Waals surface area contributed by atoms with Crippen LogP contribution in [0.15, 0.2) is 84.6 Å². The highest BCUT2D eigenvalue weighted by Crippen LogP contribution is 2.27. The van der Waals surface area contributed by atoms with Crippen molar-refractivity contribution < 1.29 is 33.8 Å². The number of phenols is 1. The summed E-state index contributed by atoms with van der Waals surface area (Å²) >= 11 is 0.866. The first-order valence-corrected chi connectivity index (χ1v) is 13.5. The molecule has 208 valence electrons. The molecule has 1 unspecified atom stereocenters. The fourth-order valence-corrected chi connectivity index (χ4v) is 4.42. The Bertz CT molecular complexity index is 1420. The molecule has 0 bridgehead atoms. The fourth-order valence-electron chi connectivity index (χ4n) is 3.53. The highest BCUT2D eigenvalue weighted by molar-refractivity contribution is 8.14. The molecule has 0 radical (unpaired) electrons. The first-order chi connectivity index (χ1) is 19.2. The molecule has 0 fully saturated rings. The van der Waals surface area contributed by atoms with Gasteiger partial charge < -0.3 is 25.6 Å². The van der Waals surface area contributed by atoms with Crippen LogP contribution in [-0.2, 0) is 4.79 Å². The Morgan fingerprint density at radius 1 is 0.875 bits per heavy atom. The van der Waals surface area contributed by atoms with Crippen LogP contribution >= 0.6 is 11.8 Å². The van der Waals surface area contributed by atoms with E-state index >= 15 is 0 Å². The number of benzene rings is 3. The molecule has 0 aliphatic carbocycles. The molecule has 0 saturated carbocycles. The van der Waals surface area contributed by atoms with E-state index in [0.717, 1.165) is 30.3 Å². The molecule has 10 heteroatoms. The third-order valence-corrected chi connectivity index (χ3v) is 6.59. The molecule has 0 aliphatic rings. The number of rotatable bonds is 12. The van der Waals surface area contributed by atoms with Crippen LogP contribution in [-0.4, -0.2) is 39.9 Å². The molecule has 4 N–H and O–H groups in total. The molecule has 3 aromatic rings. The normalized spacial score (nSPS) is 11.8. The monoisotopic (exact) mass is 562 g/mol. The Morgan fingerprint density at radius 3 is 2.00 bits per heavy atom. The lowest BCUT2D eigenvalue weighted by Gasteiger charge is -2.17. The van der Waals surface area contributed by atoms with Crippen LogP contribution in [0.2, 0.25) is 0 Å². The number of primary amides is 1. The number of para-hydroxylation sites is 3. The van der Waals surface area contributed by atoms with Crippen LogP contribution in [0.4, 0.5) is 0 Å². The number of amides is 1. The quantitative estimate of drug-likeness (QED) is 0.208. The predicted octanol–water partition coefficient (Wildman–Crippen LogP) is 4.85. The minimum Gasteiger partial charge on any atom is -0.507 e. The third kappa shape index (κ3) is 8.21. The molecule has 1 amide bonds. The number of hydrogen-bond acceptors (Lipinski definition) is 9. The van der Waals surface area contributed by atoms with Crippen LogP contribution < -0.4 is 20.5 Å². The smallest absolute Gasteiger partial charge is 0.347 e. The topological polar surface area (TPSA) is 145 Å². The van der Waals surface area contributed by atoms with Gasteiger partial charge in [-0.05, 0) is 49.7 Å². The Balaban J connectivity index is 1.73. The van der Waals surface area contributed by atoms with Gasteiger partial charge in [-0.2, -0.15) is 0 Å². The van der Waals surface area contributed by atoms with Crippen LogP contribution in [0.5, 0.6) is 17.2 Å². The van der Waals surface area contributed by atoms with Crippen molar-refractivity contribution in [3.05, 3.63) is 101 Å². The van der Waals surface area contributed by atoms with Gasteiger partial charge in [0.1, 0.15) is 34.4 Å². The van der Waals surface area contributed by atoms with E-state index in [1.165, 1.54) is 36.4 Å². The summed E-state index contributed by atoms with van der Waals surface area (Å²) < 4.78 is 10.9. The molecule has 0 spiro atoms. The van der Waals surface area contributed by atoms with Gasteiger partial charge in [-0.1, -0.05) is 67.6 Å². The number of phenolic OH excluding ortho intramolecular Hbond substituents is 1. The van der Waals surface area contributed by atoms with Gasteiger partial charge in [0.2, 0.25) is 11.0 Å². The second-order valence-electron chi connectivity index (χ2n) is 8.66. The molecule has 3 rings (SSSR count). The summed E-state index contributed by atoms with van der Waals surface area (Å²) in [6.07, 6.45) is 3.74. The number of aromatic hydroxyl groups is 1. The van der Waals surface area contributed by atoms with Gasteiger partial charge in [0, 0.05) is 11.4 Å². The van der Waals surface area contributed by atoms with Gasteiger partial charge >= 0.3 is 11.9 Å². The van der Waals surface area contributed by atoms with Crippen molar-refractivity contribution in [2.75, 3.05) is 5.75 Å². The molecule has 0 aromatic heterocycles. The molecule has 0 saturated heterocycles. The molecular formula is C30H30N2O7S. The van der Waals surface area contributed by atoms with Crippen molar-refractivity contribution in [1.82, 2.24) is 5.32 Å². The first-order valence-electron chi connectivity index (χ1n) is 12.5. The molecule has 1 atom stereocenters. The summed E-state index contributed by atoms with van der Waals surface area (Å²) in [5, 5.41) is 12.6. The molecule has 0 aliphatic heterocycles. The zero-order chi connectivity index (χ0) is 29.1. The molecule has 9 nitrogen and oxygen atoms in total. The zero-order valence-corrected chi connectivity index (χ0v) is 22.9. The summed E-state index contributed by atoms with van der Waals surface area (Å²) in [7, 11) is 0. The van der Waals surface area contributed by atoms with E-state index in [4.69, 9.17) is 15.2 Å². The lowest BCUT2D eigenvalue weighted by atomic mass is 10.2. The predicted molar refractivity (Wildman–Crippen MR) is 152 cm³/mol. The average Bonchev–Trinajstić information content (AvgIpc) is 2.94. The van der Waals surface area contributed by atoms with Gasteiger partial charge in [0.05, 0.1) is 5.56 Å². The fraction of sp³-hybridized carbons (Fsp3) is 0.200. The molecular weight excluding hydrogens is 532 g/mol. The van der Waals surface area contributed by atoms with Crippen molar-refractivity contribution in [3.8, 4) is 17.2 Å². The average molecular weight is 563 g/mol. The number of unbranched alkanes of at least 4 members (excludes halogenated alkanes) is 1. The minimum absolute atomic E-state index is 0.00515. The van der Waals surface area contributed by atoms with Crippen LogP contribution in [0, 0.1) is 0 Å². The van der Waals surface area contributed by atoms with Crippen molar-refractivity contribution >= 4 is 34.7 Å². The lowest BCUT2D eigenvalue weighted by molar-refractivity contribution is -0.119. The summed E-state index contributed by atoms with van der Waals surface area (Å²) in [5.41, 5.74) is 6.29. The number of carbonyl (C=O) groups is 4. The van der Waals surface area contributed by atoms with Crippen molar-refractivity contribution in [2.24, 2.45) is 5.73 Å². The highest BCUT2D eigenvalue weighted by atomic mass is 32.2. The van der Waals surface area contributed by atoms with Crippen LogP contribution in [0.1, 0.15) is 57.8 Å². The SMILES string of the molecule is CCC/C=C(\C)NC(CSC(=O)c1ccccc1OC(=O)c1ccccc1OC(=O)c1ccccc1O)C(N)=O. The Labute approximate surface area is 236 Å². The van der Waals surface area contributed by atoms with Crippen molar-refractivity contribution in [3.63, 3.8) is 0 Å².